The van der Waals surface area contributed by atoms with Gasteiger partial charge in [0.05, 0.1) is 12.8 Å². The van der Waals surface area contributed by atoms with Gasteiger partial charge in [0.2, 0.25) is 5.91 Å². The second-order valence-electron chi connectivity index (χ2n) is 4.71. The lowest BCUT2D eigenvalue weighted by Gasteiger charge is -2.19. The lowest BCUT2D eigenvalue weighted by Crippen LogP contribution is -2.42. The number of hydrogen-bond acceptors (Lipinski definition) is 4. The highest BCUT2D eigenvalue weighted by molar-refractivity contribution is 5.85. The number of likely N-dealkylation sites (N-methyl/N-ethyl adjacent to an activating group) is 1. The molecule has 22 heavy (non-hydrogen) atoms. The molecule has 0 radical (unpaired) electrons. The number of nitrogens with one attached hydrogen (secondary N) is 2. The Kier molecular flexibility index (Phi) is 8.43. The van der Waals surface area contributed by atoms with Gasteiger partial charge in [-0.3, -0.25) is 9.48 Å². The monoisotopic (exact) mass is 344 g/mol. The van der Waals surface area contributed by atoms with Gasteiger partial charge in [-0.05, 0) is 14.0 Å². The van der Waals surface area contributed by atoms with Crippen LogP contribution in [0.3, 0.4) is 0 Å². The molecule has 1 rings (SSSR count). The summed E-state index contributed by atoms with van der Waals surface area (Å²) in [5.41, 5.74) is 0.668. The first-order valence-corrected chi connectivity index (χ1v) is 6.33. The molecule has 0 saturated carbocycles. The van der Waals surface area contributed by atoms with E-state index in [4.69, 9.17) is 0 Å². The van der Waals surface area contributed by atoms with Crippen molar-refractivity contribution in [2.24, 2.45) is 7.05 Å². The van der Waals surface area contributed by atoms with Gasteiger partial charge in [-0.15, -0.1) is 12.4 Å². The number of amides is 1. The van der Waals surface area contributed by atoms with E-state index in [9.17, 15) is 18.0 Å². The van der Waals surface area contributed by atoms with Gasteiger partial charge in [0.15, 0.2) is 0 Å². The molecule has 1 aromatic rings. The summed E-state index contributed by atoms with van der Waals surface area (Å²) in [5, 5.41) is 9.40. The fraction of sp³-hybridized carbons (Fsp3) is 0.667. The number of hydrogen-bond donors (Lipinski definition) is 2. The molecule has 6 nitrogen and oxygen atoms in total. The third kappa shape index (κ3) is 7.10. The van der Waals surface area contributed by atoms with Gasteiger partial charge in [-0.1, -0.05) is 0 Å². The van der Waals surface area contributed by atoms with Crippen LogP contribution >= 0.6 is 12.4 Å². The van der Waals surface area contributed by atoms with E-state index in [0.29, 0.717) is 5.56 Å². The molecule has 0 aliphatic carbocycles. The minimum absolute atomic E-state index is 0. The number of halogens is 4. The lowest BCUT2D eigenvalue weighted by atomic mass is 10.1. The quantitative estimate of drug-likeness (QED) is 0.779. The first kappa shape index (κ1) is 20.7. The maximum absolute atomic E-state index is 12.1. The van der Waals surface area contributed by atoms with Gasteiger partial charge in [0, 0.05) is 24.8 Å². The number of carbonyl (C=O) groups excluding carboxylic acids is 1. The normalized spacial score (nSPS) is 14.1. The number of aryl methyl sites for hydroxylation is 1. The zero-order valence-electron chi connectivity index (χ0n) is 12.5. The molecule has 0 aliphatic rings. The molecule has 1 amide bonds. The van der Waals surface area contributed by atoms with Gasteiger partial charge in [0.1, 0.15) is 12.6 Å². The van der Waals surface area contributed by atoms with Gasteiger partial charge in [-0.2, -0.15) is 18.3 Å². The van der Waals surface area contributed by atoms with E-state index in [2.05, 4.69) is 20.5 Å². The van der Waals surface area contributed by atoms with Crippen LogP contribution in [0.25, 0.3) is 0 Å². The van der Waals surface area contributed by atoms with E-state index in [1.165, 1.54) is 0 Å². The minimum Gasteiger partial charge on any atom is -0.370 e. The molecule has 0 bridgehead atoms. The third-order valence-electron chi connectivity index (χ3n) is 2.63. The van der Waals surface area contributed by atoms with Gasteiger partial charge < -0.3 is 15.4 Å². The Labute approximate surface area is 132 Å². The van der Waals surface area contributed by atoms with Crippen LogP contribution < -0.4 is 10.6 Å². The van der Waals surface area contributed by atoms with Crippen molar-refractivity contribution in [2.45, 2.75) is 25.2 Å². The third-order valence-corrected chi connectivity index (χ3v) is 2.63. The van der Waals surface area contributed by atoms with Crippen LogP contribution in [0.15, 0.2) is 12.4 Å². The van der Waals surface area contributed by atoms with Crippen LogP contribution in [-0.4, -0.2) is 48.2 Å². The Morgan fingerprint density at radius 2 is 2.14 bits per heavy atom. The van der Waals surface area contributed by atoms with E-state index in [0.717, 1.165) is 0 Å². The van der Waals surface area contributed by atoms with E-state index in [-0.39, 0.29) is 24.9 Å². The molecule has 0 saturated heterocycles. The number of carbonyl (C=O) groups is 1. The Hall–Kier alpha value is -1.32. The van der Waals surface area contributed by atoms with Crippen LogP contribution in [0, 0.1) is 0 Å². The summed E-state index contributed by atoms with van der Waals surface area (Å²) in [4.78, 5) is 12.1. The van der Waals surface area contributed by atoms with E-state index >= 15 is 0 Å². The summed E-state index contributed by atoms with van der Waals surface area (Å²) >= 11 is 0. The zero-order chi connectivity index (χ0) is 16.0. The zero-order valence-corrected chi connectivity index (χ0v) is 13.3. The maximum Gasteiger partial charge on any atom is 0.411 e. The summed E-state index contributed by atoms with van der Waals surface area (Å²) < 4.78 is 41.9. The van der Waals surface area contributed by atoms with Crippen molar-refractivity contribution >= 4 is 18.3 Å². The van der Waals surface area contributed by atoms with Crippen LogP contribution in [0.2, 0.25) is 0 Å². The molecular formula is C12H20ClF3N4O2. The summed E-state index contributed by atoms with van der Waals surface area (Å²) in [5.74, 6) is -0.353. The molecule has 128 valence electrons. The summed E-state index contributed by atoms with van der Waals surface area (Å²) in [7, 11) is 3.34. The van der Waals surface area contributed by atoms with E-state index < -0.39 is 24.9 Å². The highest BCUT2D eigenvalue weighted by atomic mass is 35.5. The standard InChI is InChI=1S/C12H19F3N4O2.ClH/c1-8(6-21-7-12(13,14)15)18-11(20)10(16-2)9-4-17-19(3)5-9;/h4-5,8,10,16H,6-7H2,1-3H3,(H,18,20);1H. The lowest BCUT2D eigenvalue weighted by molar-refractivity contribution is -0.175. The maximum atomic E-state index is 12.1. The summed E-state index contributed by atoms with van der Waals surface area (Å²) in [6.45, 7) is 0.0320. The molecule has 1 heterocycles. The predicted molar refractivity (Wildman–Crippen MR) is 76.7 cm³/mol. The smallest absolute Gasteiger partial charge is 0.370 e. The van der Waals surface area contributed by atoms with Crippen molar-refractivity contribution < 1.29 is 22.7 Å². The molecule has 0 fully saturated rings. The average molecular weight is 345 g/mol. The fourth-order valence-corrected chi connectivity index (χ4v) is 1.76. The van der Waals surface area contributed by atoms with Gasteiger partial charge in [0.25, 0.3) is 0 Å². The molecule has 0 aliphatic heterocycles. The predicted octanol–water partition coefficient (Wildman–Crippen LogP) is 1.19. The minimum atomic E-state index is -4.37. The van der Waals surface area contributed by atoms with Gasteiger partial charge in [-0.25, -0.2) is 0 Å². The second-order valence-corrected chi connectivity index (χ2v) is 4.71. The molecule has 1 aromatic heterocycles. The molecule has 2 N–H and O–H groups in total. The Bertz CT molecular complexity index is 467. The van der Waals surface area contributed by atoms with Crippen LogP contribution in [0.1, 0.15) is 18.5 Å². The van der Waals surface area contributed by atoms with Crippen molar-refractivity contribution in [3.8, 4) is 0 Å². The molecule has 2 unspecified atom stereocenters. The largest absolute Gasteiger partial charge is 0.411 e. The Balaban J connectivity index is 0.00000441. The number of aromatic nitrogens is 2. The van der Waals surface area contributed by atoms with Crippen LogP contribution in [-0.2, 0) is 16.6 Å². The highest BCUT2D eigenvalue weighted by Gasteiger charge is 2.28. The van der Waals surface area contributed by atoms with Gasteiger partial charge >= 0.3 is 6.18 Å². The van der Waals surface area contributed by atoms with Crippen LogP contribution in [0.4, 0.5) is 13.2 Å². The number of ether oxygens (including phenoxy) is 1. The second kappa shape index (κ2) is 8.96. The number of rotatable bonds is 7. The average Bonchev–Trinajstić information content (AvgIpc) is 2.74. The Morgan fingerprint density at radius 1 is 1.50 bits per heavy atom. The summed E-state index contributed by atoms with van der Waals surface area (Å²) in [6.07, 6.45) is -1.13. The first-order chi connectivity index (χ1) is 9.73. The van der Waals surface area contributed by atoms with Crippen molar-refractivity contribution in [3.63, 3.8) is 0 Å². The molecule has 10 heteroatoms. The highest BCUT2D eigenvalue weighted by Crippen LogP contribution is 2.15. The molecule has 0 aromatic carbocycles. The fourth-order valence-electron chi connectivity index (χ4n) is 1.76. The van der Waals surface area contributed by atoms with Crippen molar-refractivity contribution in [3.05, 3.63) is 18.0 Å². The molecular weight excluding hydrogens is 325 g/mol. The first-order valence-electron chi connectivity index (χ1n) is 6.33. The van der Waals surface area contributed by atoms with E-state index in [1.807, 2.05) is 0 Å². The Morgan fingerprint density at radius 3 is 2.59 bits per heavy atom. The van der Waals surface area contributed by atoms with Crippen LogP contribution in [0.5, 0.6) is 0 Å². The molecule has 0 spiro atoms. The van der Waals surface area contributed by atoms with Crippen molar-refractivity contribution in [1.29, 1.82) is 0 Å². The van der Waals surface area contributed by atoms with Crippen molar-refractivity contribution in [2.75, 3.05) is 20.3 Å². The van der Waals surface area contributed by atoms with Crippen molar-refractivity contribution in [1.82, 2.24) is 20.4 Å². The topological polar surface area (TPSA) is 68.2 Å². The number of alkyl halides is 3. The number of nitrogens with zero attached hydrogens (tertiary/aromatic N) is 2. The SMILES string of the molecule is CNC(C(=O)NC(C)COCC(F)(F)F)c1cnn(C)c1.Cl. The summed E-state index contributed by atoms with van der Waals surface area (Å²) in [6, 6.07) is -1.16. The van der Waals surface area contributed by atoms with E-state index in [1.54, 1.807) is 38.1 Å². The molecule has 2 atom stereocenters.